The molecular formula is C13H22N4O. The number of hydrogen-bond acceptors (Lipinski definition) is 3. The highest BCUT2D eigenvalue weighted by molar-refractivity contribution is 5.81. The Hall–Kier alpha value is -1.36. The van der Waals surface area contributed by atoms with E-state index in [0.717, 1.165) is 51.1 Å². The van der Waals surface area contributed by atoms with Gasteiger partial charge in [-0.25, -0.2) is 4.98 Å². The number of hydrogen-bond donors (Lipinski definition) is 2. The maximum Gasteiger partial charge on any atom is 0.224 e. The summed E-state index contributed by atoms with van der Waals surface area (Å²) in [5.41, 5.74) is 5.26. The molecule has 0 bridgehead atoms. The van der Waals surface area contributed by atoms with Crippen molar-refractivity contribution in [3.05, 3.63) is 18.2 Å². The monoisotopic (exact) mass is 250 g/mol. The lowest BCUT2D eigenvalue weighted by Crippen LogP contribution is -2.50. The predicted octanol–water partition coefficient (Wildman–Crippen LogP) is 0.930. The first-order valence-corrected chi connectivity index (χ1v) is 6.67. The summed E-state index contributed by atoms with van der Waals surface area (Å²) in [6, 6.07) is 0. The lowest BCUT2D eigenvalue weighted by molar-refractivity contribution is -0.131. The number of rotatable bonds is 5. The number of carbonyl (C=O) groups excluding carboxylic acids is 1. The van der Waals surface area contributed by atoms with Crippen LogP contribution in [0.4, 0.5) is 0 Å². The second-order valence-electron chi connectivity index (χ2n) is 5.16. The topological polar surface area (TPSA) is 75.0 Å². The Bertz CT molecular complexity index is 390. The molecule has 1 fully saturated rings. The second kappa shape index (κ2) is 5.52. The molecule has 5 nitrogen and oxygen atoms in total. The van der Waals surface area contributed by atoms with Crippen LogP contribution in [0, 0.1) is 5.41 Å². The molecule has 3 N–H and O–H groups in total. The zero-order valence-electron chi connectivity index (χ0n) is 11.0. The largest absolute Gasteiger partial charge is 0.369 e. The lowest BCUT2D eigenvalue weighted by atomic mass is 9.77. The Balaban J connectivity index is 1.92. The summed E-state index contributed by atoms with van der Waals surface area (Å²) >= 11 is 0. The van der Waals surface area contributed by atoms with Gasteiger partial charge in [0.1, 0.15) is 5.82 Å². The van der Waals surface area contributed by atoms with Gasteiger partial charge >= 0.3 is 0 Å². The SMILES string of the molecule is CCC1(C(N)=O)CCCN(CCc2ncc[nH]2)C1. The number of likely N-dealkylation sites (tertiary alicyclic amines) is 1. The normalized spacial score (nSPS) is 25.2. The van der Waals surface area contributed by atoms with E-state index in [-0.39, 0.29) is 11.3 Å². The molecule has 0 aromatic carbocycles. The average molecular weight is 250 g/mol. The van der Waals surface area contributed by atoms with E-state index < -0.39 is 0 Å². The van der Waals surface area contributed by atoms with Gasteiger partial charge in [0, 0.05) is 31.9 Å². The molecule has 1 aliphatic rings. The molecule has 5 heteroatoms. The fraction of sp³-hybridized carbons (Fsp3) is 0.692. The van der Waals surface area contributed by atoms with Crippen LogP contribution in [0.2, 0.25) is 0 Å². The van der Waals surface area contributed by atoms with Gasteiger partial charge in [-0.3, -0.25) is 4.79 Å². The molecule has 2 heterocycles. The Morgan fingerprint density at radius 1 is 1.67 bits per heavy atom. The van der Waals surface area contributed by atoms with Crippen molar-refractivity contribution < 1.29 is 4.79 Å². The maximum atomic E-state index is 11.7. The minimum atomic E-state index is -0.318. The minimum absolute atomic E-state index is 0.146. The highest BCUT2D eigenvalue weighted by Crippen LogP contribution is 2.32. The summed E-state index contributed by atoms with van der Waals surface area (Å²) in [5.74, 6) is 0.856. The number of piperidine rings is 1. The first kappa shape index (κ1) is 13.1. The van der Waals surface area contributed by atoms with Crippen molar-refractivity contribution in [1.29, 1.82) is 0 Å². The van der Waals surface area contributed by atoms with Crippen LogP contribution in [0.3, 0.4) is 0 Å². The van der Waals surface area contributed by atoms with Crippen LogP contribution in [0.25, 0.3) is 0 Å². The summed E-state index contributed by atoms with van der Waals surface area (Å²) in [7, 11) is 0. The smallest absolute Gasteiger partial charge is 0.224 e. The van der Waals surface area contributed by atoms with Gasteiger partial charge < -0.3 is 15.6 Å². The second-order valence-corrected chi connectivity index (χ2v) is 5.16. The molecule has 100 valence electrons. The van der Waals surface area contributed by atoms with E-state index in [1.165, 1.54) is 0 Å². The summed E-state index contributed by atoms with van der Waals surface area (Å²) in [6.07, 6.45) is 7.31. The van der Waals surface area contributed by atoms with E-state index in [1.807, 2.05) is 6.20 Å². The molecule has 1 atom stereocenters. The number of amides is 1. The average Bonchev–Trinajstić information content (AvgIpc) is 2.89. The quantitative estimate of drug-likeness (QED) is 0.816. The van der Waals surface area contributed by atoms with Gasteiger partial charge in [-0.2, -0.15) is 0 Å². The highest BCUT2D eigenvalue weighted by atomic mass is 16.1. The molecular weight excluding hydrogens is 228 g/mol. The molecule has 0 saturated carbocycles. The van der Waals surface area contributed by atoms with Crippen LogP contribution in [-0.2, 0) is 11.2 Å². The lowest BCUT2D eigenvalue weighted by Gasteiger charge is -2.40. The third-order valence-corrected chi connectivity index (χ3v) is 4.08. The van der Waals surface area contributed by atoms with Crippen molar-refractivity contribution in [3.8, 4) is 0 Å². The number of aromatic nitrogens is 2. The highest BCUT2D eigenvalue weighted by Gasteiger charge is 2.38. The van der Waals surface area contributed by atoms with Gasteiger partial charge in [-0.15, -0.1) is 0 Å². The molecule has 18 heavy (non-hydrogen) atoms. The molecule has 0 spiro atoms. The molecule has 1 aromatic heterocycles. The van der Waals surface area contributed by atoms with Crippen LogP contribution in [0.1, 0.15) is 32.0 Å². The fourth-order valence-corrected chi connectivity index (χ4v) is 2.78. The van der Waals surface area contributed by atoms with Gasteiger partial charge in [0.25, 0.3) is 0 Å². The van der Waals surface area contributed by atoms with E-state index in [1.54, 1.807) is 6.20 Å². The van der Waals surface area contributed by atoms with Crippen LogP contribution in [0.5, 0.6) is 0 Å². The summed E-state index contributed by atoms with van der Waals surface area (Å²) in [6.45, 7) is 4.83. The molecule has 1 aromatic rings. The first-order valence-electron chi connectivity index (χ1n) is 6.67. The van der Waals surface area contributed by atoms with Crippen molar-refractivity contribution >= 4 is 5.91 Å². The van der Waals surface area contributed by atoms with Gasteiger partial charge in [0.2, 0.25) is 5.91 Å². The molecule has 1 amide bonds. The number of nitrogens with one attached hydrogen (secondary N) is 1. The Kier molecular flexibility index (Phi) is 4.01. The van der Waals surface area contributed by atoms with E-state index in [4.69, 9.17) is 5.73 Å². The molecule has 2 rings (SSSR count). The third kappa shape index (κ3) is 2.72. The van der Waals surface area contributed by atoms with Crippen molar-refractivity contribution in [2.75, 3.05) is 19.6 Å². The summed E-state index contributed by atoms with van der Waals surface area (Å²) < 4.78 is 0. The van der Waals surface area contributed by atoms with Crippen LogP contribution in [-0.4, -0.2) is 40.4 Å². The molecule has 0 radical (unpaired) electrons. The standard InChI is InChI=1S/C13H22N4O/c1-2-13(12(14)18)5-3-8-17(10-13)9-4-11-15-6-7-16-11/h6-7H,2-5,8-10H2,1H3,(H2,14,18)(H,15,16). The van der Waals surface area contributed by atoms with Gasteiger partial charge in [-0.1, -0.05) is 6.92 Å². The molecule has 1 aliphatic heterocycles. The number of primary amides is 1. The van der Waals surface area contributed by atoms with E-state index in [0.29, 0.717) is 0 Å². The van der Waals surface area contributed by atoms with E-state index in [9.17, 15) is 4.79 Å². The maximum absolute atomic E-state index is 11.7. The van der Waals surface area contributed by atoms with Crippen molar-refractivity contribution in [2.45, 2.75) is 32.6 Å². The van der Waals surface area contributed by atoms with Gasteiger partial charge in [0.15, 0.2) is 0 Å². The van der Waals surface area contributed by atoms with E-state index in [2.05, 4.69) is 21.8 Å². The number of aromatic amines is 1. The number of nitrogens with two attached hydrogens (primary N) is 1. The van der Waals surface area contributed by atoms with Crippen molar-refractivity contribution in [3.63, 3.8) is 0 Å². The first-order chi connectivity index (χ1) is 8.66. The van der Waals surface area contributed by atoms with Crippen LogP contribution in [0.15, 0.2) is 12.4 Å². The number of H-pyrrole nitrogens is 1. The third-order valence-electron chi connectivity index (χ3n) is 4.08. The number of nitrogens with zero attached hydrogens (tertiary/aromatic N) is 2. The summed E-state index contributed by atoms with van der Waals surface area (Å²) in [5, 5.41) is 0. The zero-order valence-corrected chi connectivity index (χ0v) is 11.0. The van der Waals surface area contributed by atoms with E-state index >= 15 is 0 Å². The fourth-order valence-electron chi connectivity index (χ4n) is 2.78. The number of carbonyl (C=O) groups is 1. The Morgan fingerprint density at radius 3 is 3.11 bits per heavy atom. The Labute approximate surface area is 108 Å². The van der Waals surface area contributed by atoms with Gasteiger partial charge in [-0.05, 0) is 25.8 Å². The Morgan fingerprint density at radius 2 is 2.50 bits per heavy atom. The predicted molar refractivity (Wildman–Crippen MR) is 69.9 cm³/mol. The zero-order chi connectivity index (χ0) is 13.0. The number of imidazole rings is 1. The molecule has 1 saturated heterocycles. The van der Waals surface area contributed by atoms with Gasteiger partial charge in [0.05, 0.1) is 5.41 Å². The van der Waals surface area contributed by atoms with Crippen molar-refractivity contribution in [1.82, 2.24) is 14.9 Å². The minimum Gasteiger partial charge on any atom is -0.369 e. The summed E-state index contributed by atoms with van der Waals surface area (Å²) in [4.78, 5) is 21.3. The van der Waals surface area contributed by atoms with Crippen LogP contribution >= 0.6 is 0 Å². The molecule has 0 aliphatic carbocycles. The molecule has 1 unspecified atom stereocenters. The van der Waals surface area contributed by atoms with Crippen molar-refractivity contribution in [2.24, 2.45) is 11.1 Å². The van der Waals surface area contributed by atoms with Crippen LogP contribution < -0.4 is 5.73 Å².